The summed E-state index contributed by atoms with van der Waals surface area (Å²) in [7, 11) is 0. The second kappa shape index (κ2) is 4.13. The largest absolute Gasteiger partial charge is 0.325 e. The smallest absolute Gasteiger partial charge is 0.166 e. The summed E-state index contributed by atoms with van der Waals surface area (Å²) < 4.78 is 0.775. The Labute approximate surface area is 79.2 Å². The summed E-state index contributed by atoms with van der Waals surface area (Å²) in [5.41, 5.74) is 0. The quantitative estimate of drug-likeness (QED) is 0.455. The number of nitrogens with one attached hydrogen (secondary N) is 1. The summed E-state index contributed by atoms with van der Waals surface area (Å²) in [6, 6.07) is 0. The lowest BCUT2D eigenvalue weighted by Crippen LogP contribution is -1.86. The highest BCUT2D eigenvalue weighted by molar-refractivity contribution is 7.99. The molecule has 0 aromatic carbocycles. The summed E-state index contributed by atoms with van der Waals surface area (Å²) in [5, 5.41) is 0.868. The van der Waals surface area contributed by atoms with Gasteiger partial charge in [-0.25, -0.2) is 4.98 Å². The van der Waals surface area contributed by atoms with E-state index in [4.69, 9.17) is 12.2 Å². The molecule has 1 heterocycles. The van der Waals surface area contributed by atoms with Crippen LogP contribution in [0.4, 0.5) is 0 Å². The van der Waals surface area contributed by atoms with Crippen LogP contribution in [0, 0.1) is 4.64 Å². The minimum absolute atomic E-state index is 0.775. The summed E-state index contributed by atoms with van der Waals surface area (Å²) in [4.78, 5) is 8.20. The van der Waals surface area contributed by atoms with Crippen molar-refractivity contribution < 1.29 is 0 Å². The van der Waals surface area contributed by atoms with Crippen molar-refractivity contribution in [2.45, 2.75) is 10.1 Å². The predicted molar refractivity (Wildman–Crippen MR) is 53.0 cm³/mol. The van der Waals surface area contributed by atoms with Gasteiger partial charge in [-0.05, 0) is 12.5 Å². The number of nitrogens with zero attached hydrogens (tertiary/aromatic N) is 1. The van der Waals surface area contributed by atoms with Crippen LogP contribution >= 0.6 is 35.7 Å². The molecule has 0 aliphatic carbocycles. The maximum Gasteiger partial charge on any atom is 0.166 e. The van der Waals surface area contributed by atoms with Gasteiger partial charge in [-0.2, -0.15) is 0 Å². The first kappa shape index (κ1) is 9.09. The van der Waals surface area contributed by atoms with Crippen LogP contribution in [0.5, 0.6) is 0 Å². The maximum atomic E-state index is 5.08. The van der Waals surface area contributed by atoms with Crippen molar-refractivity contribution >= 4 is 35.7 Å². The number of rotatable bonds is 2. The number of aromatic nitrogens is 2. The van der Waals surface area contributed by atoms with Crippen molar-refractivity contribution in [3.63, 3.8) is 0 Å². The SMILES string of the molecule is CSc1ncc(SC)c(=S)[nH]1. The molecular weight excluding hydrogens is 196 g/mol. The van der Waals surface area contributed by atoms with Crippen LogP contribution in [0.2, 0.25) is 0 Å². The summed E-state index contributed by atoms with van der Waals surface area (Å²) in [5.74, 6) is 0. The van der Waals surface area contributed by atoms with E-state index in [0.29, 0.717) is 0 Å². The van der Waals surface area contributed by atoms with Crippen LogP contribution < -0.4 is 0 Å². The van der Waals surface area contributed by atoms with Crippen molar-refractivity contribution in [2.75, 3.05) is 12.5 Å². The highest BCUT2D eigenvalue weighted by atomic mass is 32.2. The zero-order valence-electron chi connectivity index (χ0n) is 6.25. The van der Waals surface area contributed by atoms with Gasteiger partial charge in [0.1, 0.15) is 4.64 Å². The summed E-state index contributed by atoms with van der Waals surface area (Å²) >= 11 is 8.24. The molecule has 1 aromatic rings. The number of aromatic amines is 1. The second-order valence-electron chi connectivity index (χ2n) is 1.79. The molecule has 0 aliphatic heterocycles. The first-order valence-electron chi connectivity index (χ1n) is 2.95. The average molecular weight is 204 g/mol. The van der Waals surface area contributed by atoms with Crippen molar-refractivity contribution in [2.24, 2.45) is 0 Å². The van der Waals surface area contributed by atoms with Crippen molar-refractivity contribution in [3.05, 3.63) is 10.8 Å². The molecule has 0 saturated heterocycles. The molecule has 0 fully saturated rings. The lowest BCUT2D eigenvalue weighted by molar-refractivity contribution is 0.920. The Hall–Kier alpha value is -0.0000000000000000833. The lowest BCUT2D eigenvalue weighted by atomic mass is 10.7. The Morgan fingerprint density at radius 2 is 2.18 bits per heavy atom. The molecule has 0 amide bonds. The minimum atomic E-state index is 0.775. The summed E-state index contributed by atoms with van der Waals surface area (Å²) in [6.07, 6.45) is 5.75. The van der Waals surface area contributed by atoms with Crippen LogP contribution in [0.3, 0.4) is 0 Å². The van der Waals surface area contributed by atoms with Gasteiger partial charge in [-0.1, -0.05) is 24.0 Å². The van der Waals surface area contributed by atoms with E-state index in [9.17, 15) is 0 Å². The molecule has 2 nitrogen and oxygen atoms in total. The normalized spacial score (nSPS) is 10.0. The summed E-state index contributed by atoms with van der Waals surface area (Å²) in [6.45, 7) is 0. The zero-order valence-corrected chi connectivity index (χ0v) is 8.70. The monoisotopic (exact) mass is 204 g/mol. The van der Waals surface area contributed by atoms with Crippen LogP contribution in [0.1, 0.15) is 0 Å². The Kier molecular flexibility index (Phi) is 3.42. The predicted octanol–water partition coefficient (Wildman–Crippen LogP) is 2.58. The molecular formula is C6H8N2S3. The second-order valence-corrected chi connectivity index (χ2v) is 3.84. The molecule has 60 valence electrons. The standard InChI is InChI=1S/C6H8N2S3/c1-10-4-3-7-6(11-2)8-5(4)9/h3H,1-2H3,(H,7,8,9). The van der Waals surface area contributed by atoms with E-state index >= 15 is 0 Å². The third-order valence-electron chi connectivity index (χ3n) is 1.16. The highest BCUT2D eigenvalue weighted by Crippen LogP contribution is 2.16. The van der Waals surface area contributed by atoms with E-state index in [0.717, 1.165) is 14.7 Å². The topological polar surface area (TPSA) is 28.7 Å². The molecule has 0 radical (unpaired) electrons. The molecule has 0 saturated carbocycles. The van der Waals surface area contributed by atoms with Gasteiger partial charge in [0, 0.05) is 6.20 Å². The molecule has 1 N–H and O–H groups in total. The number of thioether (sulfide) groups is 2. The fraction of sp³-hybridized carbons (Fsp3) is 0.333. The van der Waals surface area contributed by atoms with Gasteiger partial charge in [0.25, 0.3) is 0 Å². The van der Waals surface area contributed by atoms with Crippen LogP contribution in [0.15, 0.2) is 16.2 Å². The van der Waals surface area contributed by atoms with Gasteiger partial charge < -0.3 is 4.98 Å². The molecule has 0 bridgehead atoms. The van der Waals surface area contributed by atoms with E-state index in [1.54, 1.807) is 29.7 Å². The molecule has 11 heavy (non-hydrogen) atoms. The Morgan fingerprint density at radius 1 is 1.45 bits per heavy atom. The lowest BCUT2D eigenvalue weighted by Gasteiger charge is -1.97. The third kappa shape index (κ3) is 2.21. The van der Waals surface area contributed by atoms with E-state index in [-0.39, 0.29) is 0 Å². The third-order valence-corrected chi connectivity index (χ3v) is 2.95. The Bertz CT molecular complexity index is 294. The zero-order chi connectivity index (χ0) is 8.27. The van der Waals surface area contributed by atoms with Crippen molar-refractivity contribution in [3.8, 4) is 0 Å². The van der Waals surface area contributed by atoms with Gasteiger partial charge >= 0.3 is 0 Å². The van der Waals surface area contributed by atoms with Gasteiger partial charge in [0.05, 0.1) is 4.90 Å². The number of hydrogen-bond donors (Lipinski definition) is 1. The van der Waals surface area contributed by atoms with E-state index < -0.39 is 0 Å². The number of hydrogen-bond acceptors (Lipinski definition) is 4. The highest BCUT2D eigenvalue weighted by Gasteiger charge is 1.95. The molecule has 0 aliphatic rings. The van der Waals surface area contributed by atoms with Crippen LogP contribution in [0.25, 0.3) is 0 Å². The first-order valence-corrected chi connectivity index (χ1v) is 5.81. The molecule has 0 unspecified atom stereocenters. The first-order chi connectivity index (χ1) is 5.27. The van der Waals surface area contributed by atoms with Crippen molar-refractivity contribution in [1.29, 1.82) is 0 Å². The van der Waals surface area contributed by atoms with Crippen molar-refractivity contribution in [1.82, 2.24) is 9.97 Å². The maximum absolute atomic E-state index is 5.08. The fourth-order valence-corrected chi connectivity index (χ4v) is 1.84. The van der Waals surface area contributed by atoms with Gasteiger partial charge in [-0.3, -0.25) is 0 Å². The fourth-order valence-electron chi connectivity index (χ4n) is 0.616. The molecule has 1 rings (SSSR count). The minimum Gasteiger partial charge on any atom is -0.325 e. The molecule has 0 spiro atoms. The van der Waals surface area contributed by atoms with E-state index in [1.807, 2.05) is 12.5 Å². The molecule has 0 atom stereocenters. The Balaban J connectivity index is 3.10. The van der Waals surface area contributed by atoms with Crippen LogP contribution in [-0.2, 0) is 0 Å². The molecule has 5 heteroatoms. The van der Waals surface area contributed by atoms with Crippen LogP contribution in [-0.4, -0.2) is 22.5 Å². The van der Waals surface area contributed by atoms with Gasteiger partial charge in [0.2, 0.25) is 0 Å². The Morgan fingerprint density at radius 3 is 2.64 bits per heavy atom. The van der Waals surface area contributed by atoms with Gasteiger partial charge in [0.15, 0.2) is 5.16 Å². The van der Waals surface area contributed by atoms with E-state index in [2.05, 4.69) is 9.97 Å². The molecule has 1 aromatic heterocycles. The number of H-pyrrole nitrogens is 1. The average Bonchev–Trinajstić information content (AvgIpc) is 2.04. The van der Waals surface area contributed by atoms with E-state index in [1.165, 1.54) is 0 Å². The van der Waals surface area contributed by atoms with Gasteiger partial charge in [-0.15, -0.1) is 11.8 Å².